The number of para-hydroxylation sites is 1. The number of aromatic nitrogens is 4. The maximum Gasteiger partial charge on any atom is 0.312 e. The third-order valence-electron chi connectivity index (χ3n) is 8.32. The first-order chi connectivity index (χ1) is 24.0. The number of urea groups is 1. The Morgan fingerprint density at radius 1 is 1.00 bits per heavy atom. The minimum Gasteiger partial charge on any atom is -0.370 e. The van der Waals surface area contributed by atoms with Gasteiger partial charge < -0.3 is 53.8 Å². The van der Waals surface area contributed by atoms with Gasteiger partial charge in [-0.05, 0) is 24.5 Å². The lowest BCUT2D eigenvalue weighted by molar-refractivity contribution is -0.144. The van der Waals surface area contributed by atoms with E-state index in [1.54, 1.807) is 10.9 Å². The maximum absolute atomic E-state index is 14.3. The second kappa shape index (κ2) is 15.9. The molecule has 0 fully saturated rings. The second-order valence-corrected chi connectivity index (χ2v) is 12.5. The van der Waals surface area contributed by atoms with Crippen LogP contribution in [0.1, 0.15) is 35.5 Å². The highest BCUT2D eigenvalue weighted by Crippen LogP contribution is 2.31. The Hall–Kier alpha value is -5.98. The van der Waals surface area contributed by atoms with Crippen LogP contribution in [-0.2, 0) is 45.0 Å². The van der Waals surface area contributed by atoms with Crippen molar-refractivity contribution in [3.05, 3.63) is 70.3 Å². The third-order valence-corrected chi connectivity index (χ3v) is 8.95. The number of fused-ring (bicyclic) bond motifs is 3. The van der Waals surface area contributed by atoms with Crippen LogP contribution in [0.15, 0.2) is 52.7 Å². The van der Waals surface area contributed by atoms with Crippen LogP contribution in [0.3, 0.4) is 0 Å². The van der Waals surface area contributed by atoms with Gasteiger partial charge in [-0.1, -0.05) is 18.2 Å². The van der Waals surface area contributed by atoms with Crippen LogP contribution in [0.2, 0.25) is 0 Å². The van der Waals surface area contributed by atoms with E-state index in [2.05, 4.69) is 40.9 Å². The van der Waals surface area contributed by atoms with Crippen molar-refractivity contribution in [1.29, 1.82) is 0 Å². The largest absolute Gasteiger partial charge is 0.370 e. The van der Waals surface area contributed by atoms with E-state index in [9.17, 15) is 24.0 Å². The number of hydrogen-bond acceptors (Lipinski definition) is 9. The number of hydrogen-bond donors (Lipinski definition) is 9. The molecule has 4 aromatic rings. The zero-order chi connectivity index (χ0) is 35.8. The molecule has 1 aliphatic heterocycles. The van der Waals surface area contributed by atoms with Gasteiger partial charge in [0.25, 0.3) is 0 Å². The van der Waals surface area contributed by atoms with Crippen LogP contribution in [0, 0.1) is 0 Å². The van der Waals surface area contributed by atoms with Crippen molar-refractivity contribution >= 4 is 57.9 Å². The zero-order valence-electron chi connectivity index (χ0n) is 26.9. The molecule has 0 saturated carbocycles. The summed E-state index contributed by atoms with van der Waals surface area (Å²) >= 11 is 1.30. The number of benzene rings is 1. The van der Waals surface area contributed by atoms with E-state index >= 15 is 0 Å². The van der Waals surface area contributed by atoms with E-state index in [1.807, 2.05) is 24.3 Å². The summed E-state index contributed by atoms with van der Waals surface area (Å²) in [5, 5.41) is 10.5. The number of imidazole rings is 1. The average Bonchev–Trinajstić information content (AvgIpc) is 3.86. The van der Waals surface area contributed by atoms with Crippen LogP contribution < -0.4 is 38.9 Å². The Morgan fingerprint density at radius 3 is 2.40 bits per heavy atom. The number of amides is 6. The fourth-order valence-electron chi connectivity index (χ4n) is 5.95. The van der Waals surface area contributed by atoms with Gasteiger partial charge in [-0.15, -0.1) is 11.3 Å². The third kappa shape index (κ3) is 8.73. The quantitative estimate of drug-likeness (QED) is 0.0400. The maximum atomic E-state index is 14.3. The van der Waals surface area contributed by atoms with Gasteiger partial charge in [-0.3, -0.25) is 24.2 Å². The molecule has 0 saturated heterocycles. The van der Waals surface area contributed by atoms with Gasteiger partial charge in [0.2, 0.25) is 23.6 Å². The topological polar surface area (TPSA) is 298 Å². The van der Waals surface area contributed by atoms with Gasteiger partial charge in [-0.25, -0.2) is 14.8 Å². The van der Waals surface area contributed by atoms with E-state index in [0.717, 1.165) is 22.2 Å². The fraction of sp³-hybridized carbons (Fsp3) is 0.355. The van der Waals surface area contributed by atoms with Crippen LogP contribution in [0.5, 0.6) is 0 Å². The summed E-state index contributed by atoms with van der Waals surface area (Å²) < 4.78 is 0. The molecule has 0 bridgehead atoms. The lowest BCUT2D eigenvalue weighted by Gasteiger charge is -2.36. The normalized spacial score (nSPS) is 15.7. The zero-order valence-corrected chi connectivity index (χ0v) is 27.7. The number of guanidine groups is 1. The van der Waals surface area contributed by atoms with Crippen molar-refractivity contribution in [2.75, 3.05) is 6.54 Å². The van der Waals surface area contributed by atoms with Gasteiger partial charge in [0, 0.05) is 59.7 Å². The first-order valence-electron chi connectivity index (χ1n) is 15.7. The molecule has 0 spiro atoms. The van der Waals surface area contributed by atoms with Crippen LogP contribution in [-0.4, -0.2) is 91.2 Å². The predicted octanol–water partition coefficient (Wildman–Crippen LogP) is -1.37. The van der Waals surface area contributed by atoms with Crippen LogP contribution >= 0.6 is 11.3 Å². The first kappa shape index (κ1) is 35.3. The number of primary amides is 2. The molecule has 6 amide bonds. The van der Waals surface area contributed by atoms with Crippen molar-refractivity contribution in [3.8, 4) is 0 Å². The molecule has 4 atom stereocenters. The van der Waals surface area contributed by atoms with Crippen molar-refractivity contribution < 1.29 is 24.0 Å². The van der Waals surface area contributed by atoms with Crippen molar-refractivity contribution in [1.82, 2.24) is 40.8 Å². The molecular formula is C31H39N13O5S. The molecule has 0 radical (unpaired) electrons. The van der Waals surface area contributed by atoms with Crippen LogP contribution in [0.4, 0.5) is 4.79 Å². The number of nitrogens with two attached hydrogens (primary N) is 4. The Balaban J connectivity index is 1.40. The number of carbonyl (C=O) groups excluding carboxylic acids is 5. The number of nitrogens with one attached hydrogen (secondary N) is 5. The first-order valence-corrected chi connectivity index (χ1v) is 16.7. The molecule has 50 heavy (non-hydrogen) atoms. The number of carbonyl (C=O) groups is 5. The minimum absolute atomic E-state index is 0.00489. The van der Waals surface area contributed by atoms with Crippen LogP contribution in [0.25, 0.3) is 10.9 Å². The summed E-state index contributed by atoms with van der Waals surface area (Å²) in [6.07, 6.45) is 3.44. The summed E-state index contributed by atoms with van der Waals surface area (Å²) in [6, 6.07) is 2.12. The predicted molar refractivity (Wildman–Crippen MR) is 184 cm³/mol. The number of rotatable bonds is 15. The van der Waals surface area contributed by atoms with Gasteiger partial charge in [0.05, 0.1) is 24.1 Å². The van der Waals surface area contributed by atoms with E-state index in [-0.39, 0.29) is 44.7 Å². The molecule has 13 N–H and O–H groups in total. The molecule has 264 valence electrons. The molecule has 19 heteroatoms. The van der Waals surface area contributed by atoms with Crippen molar-refractivity contribution in [3.63, 3.8) is 0 Å². The molecule has 5 rings (SSSR count). The molecule has 1 aliphatic rings. The highest BCUT2D eigenvalue weighted by molar-refractivity contribution is 7.07. The number of thiazole rings is 1. The monoisotopic (exact) mass is 705 g/mol. The molecule has 0 aliphatic carbocycles. The van der Waals surface area contributed by atoms with Gasteiger partial charge >= 0.3 is 6.03 Å². The number of aromatic amines is 2. The van der Waals surface area contributed by atoms with E-state index < -0.39 is 53.8 Å². The second-order valence-electron chi connectivity index (χ2n) is 11.8. The van der Waals surface area contributed by atoms with Crippen molar-refractivity contribution in [2.45, 2.75) is 62.8 Å². The number of aliphatic imine (C=N–C) groups is 1. The summed E-state index contributed by atoms with van der Waals surface area (Å²) in [6.45, 7) is 0.213. The van der Waals surface area contributed by atoms with Crippen molar-refractivity contribution in [2.24, 2.45) is 27.9 Å². The SMILES string of the molecule is NC(=O)N[C@@H](Cc1cnc[nH]1)C(=O)NC(Cc1cscn1)C(=O)N[C@@H](CCCN=C(N)N)C(=O)N1Cc2[nH]c3ccccc3c2CC1C(N)=O. The molecule has 18 nitrogen and oxygen atoms in total. The standard InChI is InChI=1S/C31H39N13O5S/c32-26(45)25-10-19-18-4-1-2-5-20(18)40-24(19)12-44(25)29(48)21(6-3-7-37-30(33)34)41-27(46)22(9-17-13-50-15-39-17)42-28(47)23(43-31(35)49)8-16-11-36-14-38-16/h1-2,4-5,11,13-15,21-23,25,40H,3,6-10,12H2,(H2,32,45)(H,36,38)(H,41,46)(H,42,47)(H4,33,34,37)(H3,35,43,49)/t21-,22?,23-,25?/m0/s1. The Kier molecular flexibility index (Phi) is 11.3. The van der Waals surface area contributed by atoms with Gasteiger partial charge in [0.15, 0.2) is 5.96 Å². The summed E-state index contributed by atoms with van der Waals surface area (Å²) in [5.74, 6) is -2.79. The smallest absolute Gasteiger partial charge is 0.312 e. The average molecular weight is 706 g/mol. The molecule has 3 aromatic heterocycles. The van der Waals surface area contributed by atoms with Gasteiger partial charge in [-0.2, -0.15) is 0 Å². The fourth-order valence-corrected chi connectivity index (χ4v) is 6.52. The Bertz CT molecular complexity index is 1850. The molecule has 1 aromatic carbocycles. The Labute approximate surface area is 289 Å². The minimum atomic E-state index is -1.23. The summed E-state index contributed by atoms with van der Waals surface area (Å²) in [5.41, 5.74) is 27.3. The molecule has 2 unspecified atom stereocenters. The van der Waals surface area contributed by atoms with Gasteiger partial charge in [0.1, 0.15) is 24.2 Å². The van der Waals surface area contributed by atoms with E-state index in [1.165, 1.54) is 28.8 Å². The highest BCUT2D eigenvalue weighted by atomic mass is 32.1. The lowest BCUT2D eigenvalue weighted by Crippen LogP contribution is -2.60. The molecular weight excluding hydrogens is 666 g/mol. The van der Waals surface area contributed by atoms with E-state index in [4.69, 9.17) is 22.9 Å². The summed E-state index contributed by atoms with van der Waals surface area (Å²) in [7, 11) is 0. The van der Waals surface area contributed by atoms with E-state index in [0.29, 0.717) is 17.8 Å². The lowest BCUT2D eigenvalue weighted by atomic mass is 9.95. The Morgan fingerprint density at radius 2 is 1.74 bits per heavy atom. The summed E-state index contributed by atoms with van der Waals surface area (Å²) in [4.78, 5) is 86.1. The number of H-pyrrole nitrogens is 2. The number of nitrogens with zero attached hydrogens (tertiary/aromatic N) is 4. The highest BCUT2D eigenvalue weighted by Gasteiger charge is 2.39. The molecule has 4 heterocycles.